The van der Waals surface area contributed by atoms with Crippen molar-refractivity contribution in [1.29, 1.82) is 0 Å². The Bertz CT molecular complexity index is 988. The van der Waals surface area contributed by atoms with Gasteiger partial charge in [-0.05, 0) is 66.3 Å². The van der Waals surface area contributed by atoms with Gasteiger partial charge in [-0.3, -0.25) is 9.89 Å². The molecule has 154 valence electrons. The van der Waals surface area contributed by atoms with Crippen molar-refractivity contribution < 1.29 is 0 Å². The van der Waals surface area contributed by atoms with Gasteiger partial charge in [0.25, 0.3) is 0 Å². The summed E-state index contributed by atoms with van der Waals surface area (Å²) in [7, 11) is 0. The number of aliphatic imine (C=N–C) groups is 1. The number of piperidine rings is 1. The Balaban J connectivity index is 1.50. The fourth-order valence-corrected chi connectivity index (χ4v) is 4.41. The summed E-state index contributed by atoms with van der Waals surface area (Å²) < 4.78 is 0. The quantitative estimate of drug-likeness (QED) is 0.394. The molecule has 0 saturated carbocycles. The average Bonchev–Trinajstić information content (AvgIpc) is 2.77. The highest BCUT2D eigenvalue weighted by atomic mass is 35.5. The van der Waals surface area contributed by atoms with Crippen molar-refractivity contribution in [1.82, 2.24) is 4.90 Å². The molecule has 2 nitrogen and oxygen atoms in total. The highest BCUT2D eigenvalue weighted by Crippen LogP contribution is 2.34. The number of rotatable bonds is 5. The molecule has 0 spiro atoms. The molecule has 1 aliphatic heterocycles. The van der Waals surface area contributed by atoms with Gasteiger partial charge in [-0.1, -0.05) is 71.7 Å². The number of aryl methyl sites for hydroxylation is 1. The Morgan fingerprint density at radius 3 is 2.10 bits per heavy atom. The smallest absolute Gasteiger partial charge is 0.0604 e. The Labute approximate surface area is 189 Å². The van der Waals surface area contributed by atoms with E-state index < -0.39 is 0 Å². The van der Waals surface area contributed by atoms with Gasteiger partial charge in [0.05, 0.1) is 12.1 Å². The molecule has 1 saturated heterocycles. The van der Waals surface area contributed by atoms with Crippen molar-refractivity contribution >= 4 is 29.4 Å². The van der Waals surface area contributed by atoms with Crippen LogP contribution >= 0.6 is 23.2 Å². The van der Waals surface area contributed by atoms with Crippen LogP contribution in [0.4, 0.5) is 0 Å². The summed E-state index contributed by atoms with van der Waals surface area (Å²) in [6, 6.07) is 25.4. The molecule has 4 heteroatoms. The number of benzene rings is 3. The van der Waals surface area contributed by atoms with Crippen molar-refractivity contribution in [3.8, 4) is 0 Å². The van der Waals surface area contributed by atoms with Gasteiger partial charge in [0, 0.05) is 29.3 Å². The van der Waals surface area contributed by atoms with E-state index in [1.807, 2.05) is 42.6 Å². The van der Waals surface area contributed by atoms with Gasteiger partial charge < -0.3 is 0 Å². The first-order chi connectivity index (χ1) is 14.6. The normalized spacial score (nSPS) is 16.8. The molecule has 1 unspecified atom stereocenters. The second-order valence-electron chi connectivity index (χ2n) is 7.91. The van der Waals surface area contributed by atoms with Crippen LogP contribution in [0.2, 0.25) is 10.0 Å². The van der Waals surface area contributed by atoms with E-state index in [1.54, 1.807) is 0 Å². The van der Waals surface area contributed by atoms with Gasteiger partial charge in [-0.25, -0.2) is 0 Å². The molecular weight excluding hydrogens is 411 g/mol. The van der Waals surface area contributed by atoms with Gasteiger partial charge in [-0.15, -0.1) is 0 Å². The highest BCUT2D eigenvalue weighted by molar-refractivity contribution is 6.30. The van der Waals surface area contributed by atoms with Gasteiger partial charge in [0.15, 0.2) is 0 Å². The Hall–Kier alpha value is -2.13. The van der Waals surface area contributed by atoms with Crippen LogP contribution in [0.3, 0.4) is 0 Å². The molecule has 3 aromatic rings. The van der Waals surface area contributed by atoms with Crippen LogP contribution in [0.25, 0.3) is 0 Å². The predicted molar refractivity (Wildman–Crippen MR) is 128 cm³/mol. The number of likely N-dealkylation sites (tertiary alicyclic amines) is 1. The third-order valence-electron chi connectivity index (χ3n) is 5.84. The van der Waals surface area contributed by atoms with E-state index in [-0.39, 0.29) is 6.04 Å². The number of hydrogen-bond acceptors (Lipinski definition) is 2. The van der Waals surface area contributed by atoms with Crippen LogP contribution in [0.15, 0.2) is 77.8 Å². The summed E-state index contributed by atoms with van der Waals surface area (Å²) >= 11 is 12.1. The molecule has 0 radical (unpaired) electrons. The largest absolute Gasteiger partial charge is 0.292 e. The van der Waals surface area contributed by atoms with Gasteiger partial charge in [0.1, 0.15) is 0 Å². The minimum atomic E-state index is 0.240. The van der Waals surface area contributed by atoms with E-state index in [1.165, 1.54) is 16.7 Å². The summed E-state index contributed by atoms with van der Waals surface area (Å²) in [5.41, 5.74) is 5.07. The number of hydrogen-bond donors (Lipinski definition) is 0. The van der Waals surface area contributed by atoms with Crippen LogP contribution in [-0.4, -0.2) is 30.2 Å². The lowest BCUT2D eigenvalue weighted by Gasteiger charge is -2.37. The summed E-state index contributed by atoms with van der Waals surface area (Å²) in [6.07, 6.45) is 4.09. The first-order valence-corrected chi connectivity index (χ1v) is 11.2. The van der Waals surface area contributed by atoms with Crippen molar-refractivity contribution in [3.63, 3.8) is 0 Å². The van der Waals surface area contributed by atoms with E-state index in [4.69, 9.17) is 28.2 Å². The van der Waals surface area contributed by atoms with Crippen LogP contribution < -0.4 is 0 Å². The van der Waals surface area contributed by atoms with Crippen molar-refractivity contribution in [2.24, 2.45) is 4.99 Å². The maximum absolute atomic E-state index is 6.16. The van der Waals surface area contributed by atoms with Crippen molar-refractivity contribution in [2.75, 3.05) is 13.1 Å². The summed E-state index contributed by atoms with van der Waals surface area (Å²) in [5, 5.41) is 1.53. The van der Waals surface area contributed by atoms with Crippen LogP contribution in [0.5, 0.6) is 0 Å². The van der Waals surface area contributed by atoms with Crippen molar-refractivity contribution in [2.45, 2.75) is 31.8 Å². The van der Waals surface area contributed by atoms with Crippen LogP contribution in [0.1, 0.15) is 41.1 Å². The molecule has 30 heavy (non-hydrogen) atoms. The van der Waals surface area contributed by atoms with Crippen LogP contribution in [0, 0.1) is 6.92 Å². The molecule has 0 bridgehead atoms. The molecule has 0 amide bonds. The lowest BCUT2D eigenvalue weighted by Crippen LogP contribution is -2.38. The summed E-state index contributed by atoms with van der Waals surface area (Å²) in [6.45, 7) is 4.23. The SMILES string of the molecule is Cc1ccccc1C(c1ccc(Cl)cc1)N1CCC(N=Cc2ccc(Cl)cc2)CC1. The van der Waals surface area contributed by atoms with E-state index >= 15 is 0 Å². The third-order valence-corrected chi connectivity index (χ3v) is 6.34. The fourth-order valence-electron chi connectivity index (χ4n) is 4.16. The standard InChI is InChI=1S/C26H26Cl2N2/c1-19-4-2-3-5-25(19)26(21-8-12-23(28)13-9-21)30-16-14-24(15-17-30)29-18-20-6-10-22(27)11-7-20/h2-13,18,24,26H,14-17H2,1H3. The zero-order valence-electron chi connectivity index (χ0n) is 17.1. The second-order valence-corrected chi connectivity index (χ2v) is 8.78. The molecule has 3 aromatic carbocycles. The first kappa shape index (κ1) is 21.1. The zero-order chi connectivity index (χ0) is 20.9. The molecule has 1 aliphatic rings. The average molecular weight is 437 g/mol. The summed E-state index contributed by atoms with van der Waals surface area (Å²) in [5.74, 6) is 0. The van der Waals surface area contributed by atoms with Gasteiger partial charge in [0.2, 0.25) is 0 Å². The molecular formula is C26H26Cl2N2. The molecule has 0 aromatic heterocycles. The van der Waals surface area contributed by atoms with E-state index in [9.17, 15) is 0 Å². The Kier molecular flexibility index (Phi) is 6.89. The van der Waals surface area contributed by atoms with E-state index in [0.717, 1.165) is 41.5 Å². The highest BCUT2D eigenvalue weighted by Gasteiger charge is 2.27. The Morgan fingerprint density at radius 1 is 0.867 bits per heavy atom. The monoisotopic (exact) mass is 436 g/mol. The van der Waals surface area contributed by atoms with Crippen molar-refractivity contribution in [3.05, 3.63) is 105 Å². The number of nitrogens with zero attached hydrogens (tertiary/aromatic N) is 2. The van der Waals surface area contributed by atoms with E-state index in [2.05, 4.69) is 48.2 Å². The first-order valence-electron chi connectivity index (χ1n) is 10.4. The molecule has 1 atom stereocenters. The van der Waals surface area contributed by atoms with Crippen LogP contribution in [-0.2, 0) is 0 Å². The third kappa shape index (κ3) is 5.13. The minimum absolute atomic E-state index is 0.240. The molecule has 0 aliphatic carbocycles. The van der Waals surface area contributed by atoms with E-state index in [0.29, 0.717) is 6.04 Å². The fraction of sp³-hybridized carbons (Fsp3) is 0.269. The lowest BCUT2D eigenvalue weighted by molar-refractivity contribution is 0.175. The zero-order valence-corrected chi connectivity index (χ0v) is 18.7. The molecule has 1 heterocycles. The molecule has 4 rings (SSSR count). The Morgan fingerprint density at radius 2 is 1.47 bits per heavy atom. The molecule has 0 N–H and O–H groups in total. The topological polar surface area (TPSA) is 15.6 Å². The minimum Gasteiger partial charge on any atom is -0.292 e. The number of halogens is 2. The van der Waals surface area contributed by atoms with Gasteiger partial charge >= 0.3 is 0 Å². The van der Waals surface area contributed by atoms with Gasteiger partial charge in [-0.2, -0.15) is 0 Å². The lowest BCUT2D eigenvalue weighted by atomic mass is 9.91. The maximum atomic E-state index is 6.16. The molecule has 1 fully saturated rings. The predicted octanol–water partition coefficient (Wildman–Crippen LogP) is 6.97. The second kappa shape index (κ2) is 9.78. The maximum Gasteiger partial charge on any atom is 0.0604 e. The summed E-state index contributed by atoms with van der Waals surface area (Å²) in [4.78, 5) is 7.42.